The molecule has 7 nitrogen and oxygen atoms in total. The third-order valence-electron chi connectivity index (χ3n) is 4.65. The number of rotatable bonds is 9. The smallest absolute Gasteiger partial charge is 0.408 e. The summed E-state index contributed by atoms with van der Waals surface area (Å²) in [5, 5.41) is 5.50. The zero-order valence-corrected chi connectivity index (χ0v) is 17.2. The zero-order chi connectivity index (χ0) is 21.2. The van der Waals surface area contributed by atoms with Crippen molar-refractivity contribution in [3.05, 3.63) is 54.1 Å². The Morgan fingerprint density at radius 3 is 2.38 bits per heavy atom. The largest absolute Gasteiger partial charge is 0.497 e. The van der Waals surface area contributed by atoms with Crippen LogP contribution in [0, 0.1) is 5.92 Å². The Hall–Kier alpha value is -3.22. The number of anilines is 1. The van der Waals surface area contributed by atoms with Gasteiger partial charge in [0.2, 0.25) is 5.91 Å². The van der Waals surface area contributed by atoms with Gasteiger partial charge in [-0.25, -0.2) is 4.79 Å². The van der Waals surface area contributed by atoms with E-state index in [9.17, 15) is 9.59 Å². The molecule has 0 aliphatic carbocycles. The van der Waals surface area contributed by atoms with E-state index in [1.165, 1.54) is 7.11 Å². The lowest BCUT2D eigenvalue weighted by Crippen LogP contribution is -2.47. The maximum atomic E-state index is 12.9. The highest BCUT2D eigenvalue weighted by Crippen LogP contribution is 2.29. The first kappa shape index (κ1) is 22.1. The van der Waals surface area contributed by atoms with Crippen molar-refractivity contribution in [1.29, 1.82) is 0 Å². The molecule has 0 aliphatic heterocycles. The van der Waals surface area contributed by atoms with E-state index in [2.05, 4.69) is 10.6 Å². The fraction of sp³-hybridized carbons (Fsp3) is 0.364. The minimum absolute atomic E-state index is 0.101. The van der Waals surface area contributed by atoms with Crippen molar-refractivity contribution < 1.29 is 23.8 Å². The van der Waals surface area contributed by atoms with E-state index in [4.69, 9.17) is 14.2 Å². The number of carbonyl (C=O) groups is 2. The lowest BCUT2D eigenvalue weighted by molar-refractivity contribution is -0.119. The van der Waals surface area contributed by atoms with E-state index in [-0.39, 0.29) is 18.4 Å². The van der Waals surface area contributed by atoms with Crippen LogP contribution in [0.4, 0.5) is 10.5 Å². The van der Waals surface area contributed by atoms with Gasteiger partial charge in [-0.1, -0.05) is 50.6 Å². The summed E-state index contributed by atoms with van der Waals surface area (Å²) in [6.07, 6.45) is 0.0543. The standard InChI is InChI=1S/C22H28N2O5/c1-5-15(2)20(24-22(26)29-14-16-9-7-6-8-10-16)21(25)23-18-13-17(27-3)11-12-19(18)28-4/h6-13,15,20H,5,14H2,1-4H3,(H,23,25)(H,24,26)/t15-,20-/m1/s1. The second-order valence-electron chi connectivity index (χ2n) is 6.62. The lowest BCUT2D eigenvalue weighted by Gasteiger charge is -2.24. The molecule has 0 aliphatic rings. The fourth-order valence-corrected chi connectivity index (χ4v) is 2.72. The topological polar surface area (TPSA) is 85.9 Å². The number of methoxy groups -OCH3 is 2. The molecule has 2 aromatic rings. The molecule has 0 fully saturated rings. The number of alkyl carbamates (subject to hydrolysis) is 1. The van der Waals surface area contributed by atoms with Crippen LogP contribution in [-0.4, -0.2) is 32.3 Å². The lowest BCUT2D eigenvalue weighted by atomic mass is 9.98. The van der Waals surface area contributed by atoms with Crippen LogP contribution in [0.1, 0.15) is 25.8 Å². The number of benzene rings is 2. The summed E-state index contributed by atoms with van der Waals surface area (Å²) in [6, 6.07) is 13.7. The number of nitrogens with one attached hydrogen (secondary N) is 2. The van der Waals surface area contributed by atoms with Gasteiger partial charge in [-0.15, -0.1) is 0 Å². The summed E-state index contributed by atoms with van der Waals surface area (Å²) in [6.45, 7) is 3.98. The van der Waals surface area contributed by atoms with E-state index >= 15 is 0 Å². The van der Waals surface area contributed by atoms with Crippen LogP contribution in [0.3, 0.4) is 0 Å². The van der Waals surface area contributed by atoms with Crippen molar-refractivity contribution in [2.24, 2.45) is 5.92 Å². The van der Waals surface area contributed by atoms with Gasteiger partial charge in [0.25, 0.3) is 0 Å². The van der Waals surface area contributed by atoms with Crippen molar-refractivity contribution in [3.63, 3.8) is 0 Å². The van der Waals surface area contributed by atoms with E-state index in [0.717, 1.165) is 5.56 Å². The minimum Gasteiger partial charge on any atom is -0.497 e. The summed E-state index contributed by atoms with van der Waals surface area (Å²) in [5.74, 6) is 0.614. The molecule has 2 amide bonds. The SMILES string of the molecule is CC[C@@H](C)[C@@H](NC(=O)OCc1ccccc1)C(=O)Nc1cc(OC)ccc1OC. The third kappa shape index (κ3) is 6.41. The van der Waals surface area contributed by atoms with Crippen LogP contribution < -0.4 is 20.1 Å². The molecule has 29 heavy (non-hydrogen) atoms. The Morgan fingerprint density at radius 2 is 1.76 bits per heavy atom. The van der Waals surface area contributed by atoms with Crippen molar-refractivity contribution >= 4 is 17.7 Å². The van der Waals surface area contributed by atoms with Gasteiger partial charge in [0.05, 0.1) is 19.9 Å². The van der Waals surface area contributed by atoms with Crippen LogP contribution in [0.2, 0.25) is 0 Å². The summed E-state index contributed by atoms with van der Waals surface area (Å²) < 4.78 is 15.8. The number of amides is 2. The molecule has 0 bridgehead atoms. The predicted octanol–water partition coefficient (Wildman–Crippen LogP) is 3.98. The summed E-state index contributed by atoms with van der Waals surface area (Å²) >= 11 is 0. The average molecular weight is 400 g/mol. The molecule has 156 valence electrons. The number of carbonyl (C=O) groups excluding carboxylic acids is 2. The van der Waals surface area contributed by atoms with E-state index in [0.29, 0.717) is 23.6 Å². The quantitative estimate of drug-likeness (QED) is 0.665. The van der Waals surface area contributed by atoms with Crippen LogP contribution >= 0.6 is 0 Å². The zero-order valence-electron chi connectivity index (χ0n) is 17.2. The van der Waals surface area contributed by atoms with Crippen molar-refractivity contribution in [3.8, 4) is 11.5 Å². The second-order valence-corrected chi connectivity index (χ2v) is 6.62. The van der Waals surface area contributed by atoms with Crippen molar-refractivity contribution in [2.45, 2.75) is 32.9 Å². The first-order chi connectivity index (χ1) is 14.0. The van der Waals surface area contributed by atoms with Gasteiger partial charge in [-0.05, 0) is 23.6 Å². The number of ether oxygens (including phenoxy) is 3. The highest BCUT2D eigenvalue weighted by molar-refractivity contribution is 5.98. The maximum absolute atomic E-state index is 12.9. The molecule has 2 atom stereocenters. The van der Waals surface area contributed by atoms with Crippen LogP contribution in [0.25, 0.3) is 0 Å². The second kappa shape index (κ2) is 10.9. The third-order valence-corrected chi connectivity index (χ3v) is 4.65. The first-order valence-corrected chi connectivity index (χ1v) is 9.48. The molecule has 0 saturated carbocycles. The normalized spacial score (nSPS) is 12.4. The maximum Gasteiger partial charge on any atom is 0.408 e. The van der Waals surface area contributed by atoms with Crippen LogP contribution in [0.15, 0.2) is 48.5 Å². The van der Waals surface area contributed by atoms with Gasteiger partial charge >= 0.3 is 6.09 Å². The van der Waals surface area contributed by atoms with E-state index < -0.39 is 12.1 Å². The summed E-state index contributed by atoms with van der Waals surface area (Å²) in [7, 11) is 3.06. The number of hydrogen-bond donors (Lipinski definition) is 2. The van der Waals surface area contributed by atoms with E-state index in [1.54, 1.807) is 25.3 Å². The van der Waals surface area contributed by atoms with Gasteiger partial charge < -0.3 is 24.8 Å². The molecule has 0 aromatic heterocycles. The monoisotopic (exact) mass is 400 g/mol. The van der Waals surface area contributed by atoms with Gasteiger partial charge in [-0.2, -0.15) is 0 Å². The summed E-state index contributed by atoms with van der Waals surface area (Å²) in [4.78, 5) is 25.2. The highest BCUT2D eigenvalue weighted by atomic mass is 16.5. The van der Waals surface area contributed by atoms with Gasteiger partial charge in [-0.3, -0.25) is 4.79 Å². The molecular weight excluding hydrogens is 372 g/mol. The van der Waals surface area contributed by atoms with Gasteiger partial charge in [0.15, 0.2) is 0 Å². The fourth-order valence-electron chi connectivity index (χ4n) is 2.72. The molecule has 7 heteroatoms. The Balaban J connectivity index is 2.07. The molecule has 2 N–H and O–H groups in total. The van der Waals surface area contributed by atoms with Crippen molar-refractivity contribution in [2.75, 3.05) is 19.5 Å². The van der Waals surface area contributed by atoms with E-state index in [1.807, 2.05) is 44.2 Å². The van der Waals surface area contributed by atoms with Crippen LogP contribution in [-0.2, 0) is 16.1 Å². The Morgan fingerprint density at radius 1 is 1.03 bits per heavy atom. The molecule has 2 aromatic carbocycles. The molecule has 0 radical (unpaired) electrons. The average Bonchev–Trinajstić information content (AvgIpc) is 2.76. The Bertz CT molecular complexity index is 810. The van der Waals surface area contributed by atoms with Crippen LogP contribution in [0.5, 0.6) is 11.5 Å². The summed E-state index contributed by atoms with van der Waals surface area (Å²) in [5.41, 5.74) is 1.33. The van der Waals surface area contributed by atoms with Gasteiger partial charge in [0.1, 0.15) is 24.1 Å². The predicted molar refractivity (Wildman–Crippen MR) is 111 cm³/mol. The molecule has 0 spiro atoms. The highest BCUT2D eigenvalue weighted by Gasteiger charge is 2.27. The Kier molecular flexibility index (Phi) is 8.33. The molecule has 0 unspecified atom stereocenters. The molecule has 2 rings (SSSR count). The Labute approximate surface area is 171 Å². The minimum atomic E-state index is -0.765. The molecule has 0 saturated heterocycles. The van der Waals surface area contributed by atoms with Crippen molar-refractivity contribution in [1.82, 2.24) is 5.32 Å². The van der Waals surface area contributed by atoms with Gasteiger partial charge in [0, 0.05) is 6.07 Å². The molecular formula is C22H28N2O5. The number of hydrogen-bond acceptors (Lipinski definition) is 5. The first-order valence-electron chi connectivity index (χ1n) is 9.48. The molecule has 0 heterocycles.